The zero-order chi connectivity index (χ0) is 17.9. The van der Waals surface area contributed by atoms with Crippen LogP contribution in [0.5, 0.6) is 5.75 Å². The predicted molar refractivity (Wildman–Crippen MR) is 79.0 cm³/mol. The molecule has 1 saturated heterocycles. The Kier molecular flexibility index (Phi) is 5.53. The number of rotatable bonds is 4. The Morgan fingerprint density at radius 3 is 2.75 bits per heavy atom. The van der Waals surface area contributed by atoms with Gasteiger partial charge in [-0.05, 0) is 18.9 Å². The second-order valence-corrected chi connectivity index (χ2v) is 5.79. The molecule has 1 atom stereocenters. The number of amides is 1. The number of piperidine rings is 1. The number of alkyl halides is 3. The van der Waals surface area contributed by atoms with Gasteiger partial charge in [-0.3, -0.25) is 14.9 Å². The first kappa shape index (κ1) is 18.3. The number of halogens is 4. The normalized spacial score (nSPS) is 18.3. The van der Waals surface area contributed by atoms with Crippen molar-refractivity contribution in [2.24, 2.45) is 5.92 Å². The Balaban J connectivity index is 1.93. The molecule has 1 aromatic carbocycles. The third-order valence-electron chi connectivity index (χ3n) is 3.72. The van der Waals surface area contributed by atoms with Crippen LogP contribution in [0.3, 0.4) is 0 Å². The second kappa shape index (κ2) is 7.25. The van der Waals surface area contributed by atoms with Gasteiger partial charge in [0, 0.05) is 25.2 Å². The van der Waals surface area contributed by atoms with Gasteiger partial charge in [-0.1, -0.05) is 11.6 Å². The third kappa shape index (κ3) is 4.50. The molecule has 2 rings (SSSR count). The van der Waals surface area contributed by atoms with Crippen LogP contribution in [0, 0.1) is 16.0 Å². The maximum atomic E-state index is 12.7. The lowest BCUT2D eigenvalue weighted by Gasteiger charge is -2.33. The fourth-order valence-electron chi connectivity index (χ4n) is 2.43. The Morgan fingerprint density at radius 1 is 1.46 bits per heavy atom. The van der Waals surface area contributed by atoms with Crippen molar-refractivity contribution in [3.8, 4) is 5.75 Å². The molecule has 24 heavy (non-hydrogen) atoms. The van der Waals surface area contributed by atoms with E-state index in [1.807, 2.05) is 0 Å². The number of carbonyl (C=O) groups is 1. The number of hydrogen-bond donors (Lipinski definition) is 0. The van der Waals surface area contributed by atoms with Gasteiger partial charge in [0.15, 0.2) is 6.61 Å². The average Bonchev–Trinajstić information content (AvgIpc) is 2.51. The number of hydrogen-bond acceptors (Lipinski definition) is 4. The first-order valence-electron chi connectivity index (χ1n) is 7.09. The quantitative estimate of drug-likeness (QED) is 0.604. The summed E-state index contributed by atoms with van der Waals surface area (Å²) in [5.41, 5.74) is -0.306. The molecule has 0 aromatic heterocycles. The van der Waals surface area contributed by atoms with E-state index in [4.69, 9.17) is 16.3 Å². The van der Waals surface area contributed by atoms with Crippen LogP contribution >= 0.6 is 11.6 Å². The van der Waals surface area contributed by atoms with Crippen LogP contribution in [0.2, 0.25) is 5.02 Å². The molecule has 1 amide bonds. The summed E-state index contributed by atoms with van der Waals surface area (Å²) >= 11 is 5.72. The number of benzene rings is 1. The lowest BCUT2D eigenvalue weighted by molar-refractivity contribution is -0.384. The van der Waals surface area contributed by atoms with Crippen molar-refractivity contribution in [3.05, 3.63) is 33.3 Å². The molecule has 0 N–H and O–H groups in total. The highest BCUT2D eigenvalue weighted by Crippen LogP contribution is 2.33. The molecule has 1 aliphatic heterocycles. The van der Waals surface area contributed by atoms with Crippen LogP contribution in [-0.2, 0) is 4.79 Å². The zero-order valence-corrected chi connectivity index (χ0v) is 13.1. The maximum Gasteiger partial charge on any atom is 0.393 e. The van der Waals surface area contributed by atoms with Gasteiger partial charge in [0.25, 0.3) is 11.6 Å². The summed E-state index contributed by atoms with van der Waals surface area (Å²) in [5.74, 6) is -1.97. The lowest BCUT2D eigenvalue weighted by Crippen LogP contribution is -2.46. The van der Waals surface area contributed by atoms with Crippen molar-refractivity contribution in [2.75, 3.05) is 19.7 Å². The molecule has 0 bridgehead atoms. The van der Waals surface area contributed by atoms with Crippen molar-refractivity contribution >= 4 is 23.2 Å². The number of likely N-dealkylation sites (tertiary alicyclic amines) is 1. The lowest BCUT2D eigenvalue weighted by atomic mass is 9.97. The molecule has 6 nitrogen and oxygen atoms in total. The van der Waals surface area contributed by atoms with E-state index in [1.54, 1.807) is 0 Å². The van der Waals surface area contributed by atoms with Crippen LogP contribution in [0.1, 0.15) is 12.8 Å². The molecule has 132 valence electrons. The number of nitrogens with zero attached hydrogens (tertiary/aromatic N) is 2. The fraction of sp³-hybridized carbons (Fsp3) is 0.500. The number of nitro benzene ring substituents is 1. The van der Waals surface area contributed by atoms with Crippen molar-refractivity contribution in [2.45, 2.75) is 19.0 Å². The number of nitro groups is 1. The van der Waals surface area contributed by atoms with E-state index in [9.17, 15) is 28.1 Å². The molecule has 0 saturated carbocycles. The SMILES string of the molecule is O=C(COc1ccc([N+](=O)[O-])c(Cl)c1)N1CCCC(C(F)(F)F)C1. The van der Waals surface area contributed by atoms with E-state index in [-0.39, 0.29) is 42.4 Å². The van der Waals surface area contributed by atoms with Gasteiger partial charge < -0.3 is 9.64 Å². The maximum absolute atomic E-state index is 12.7. The number of carbonyl (C=O) groups excluding carboxylic acids is 1. The van der Waals surface area contributed by atoms with E-state index in [2.05, 4.69) is 0 Å². The van der Waals surface area contributed by atoms with Crippen molar-refractivity contribution in [1.82, 2.24) is 4.90 Å². The molecular formula is C14H14ClF3N2O4. The largest absolute Gasteiger partial charge is 0.484 e. The summed E-state index contributed by atoms with van der Waals surface area (Å²) in [6.07, 6.45) is -4.04. The van der Waals surface area contributed by atoms with Crippen molar-refractivity contribution in [3.63, 3.8) is 0 Å². The van der Waals surface area contributed by atoms with Crippen LogP contribution in [0.4, 0.5) is 18.9 Å². The van der Waals surface area contributed by atoms with Gasteiger partial charge in [0.1, 0.15) is 10.8 Å². The predicted octanol–water partition coefficient (Wildman–Crippen LogP) is 3.43. The molecule has 0 spiro atoms. The van der Waals surface area contributed by atoms with E-state index < -0.39 is 29.5 Å². The molecule has 0 aliphatic carbocycles. The van der Waals surface area contributed by atoms with Crippen LogP contribution < -0.4 is 4.74 Å². The van der Waals surface area contributed by atoms with E-state index >= 15 is 0 Å². The van der Waals surface area contributed by atoms with Crippen LogP contribution in [0.15, 0.2) is 18.2 Å². The van der Waals surface area contributed by atoms with Gasteiger partial charge in [0.05, 0.1) is 10.8 Å². The highest BCUT2D eigenvalue weighted by molar-refractivity contribution is 6.32. The Hall–Kier alpha value is -2.03. The summed E-state index contributed by atoms with van der Waals surface area (Å²) in [5, 5.41) is 10.5. The highest BCUT2D eigenvalue weighted by atomic mass is 35.5. The van der Waals surface area contributed by atoms with E-state index in [0.29, 0.717) is 0 Å². The minimum atomic E-state index is -4.33. The van der Waals surface area contributed by atoms with Crippen molar-refractivity contribution in [1.29, 1.82) is 0 Å². The second-order valence-electron chi connectivity index (χ2n) is 5.38. The van der Waals surface area contributed by atoms with Gasteiger partial charge in [-0.15, -0.1) is 0 Å². The standard InChI is InChI=1S/C14H14ClF3N2O4/c15-11-6-10(3-4-12(11)20(22)23)24-8-13(21)19-5-1-2-9(7-19)14(16,17)18/h3-4,6,9H,1-2,5,7-8H2. The third-order valence-corrected chi connectivity index (χ3v) is 4.02. The summed E-state index contributed by atoms with van der Waals surface area (Å²) < 4.78 is 43.4. The van der Waals surface area contributed by atoms with E-state index in [0.717, 1.165) is 11.0 Å². The summed E-state index contributed by atoms with van der Waals surface area (Å²) in [4.78, 5) is 23.1. The smallest absolute Gasteiger partial charge is 0.393 e. The topological polar surface area (TPSA) is 72.7 Å². The van der Waals surface area contributed by atoms with Crippen LogP contribution in [0.25, 0.3) is 0 Å². The van der Waals surface area contributed by atoms with Gasteiger partial charge in [-0.25, -0.2) is 0 Å². The minimum Gasteiger partial charge on any atom is -0.484 e. The zero-order valence-electron chi connectivity index (χ0n) is 12.4. The Labute approximate surface area is 140 Å². The van der Waals surface area contributed by atoms with Crippen LogP contribution in [-0.4, -0.2) is 41.6 Å². The first-order chi connectivity index (χ1) is 11.2. The first-order valence-corrected chi connectivity index (χ1v) is 7.47. The van der Waals surface area contributed by atoms with Gasteiger partial charge in [0.2, 0.25) is 0 Å². The molecule has 1 aromatic rings. The van der Waals surface area contributed by atoms with Crippen molar-refractivity contribution < 1.29 is 27.6 Å². The average molecular weight is 367 g/mol. The molecular weight excluding hydrogens is 353 g/mol. The molecule has 1 heterocycles. The minimum absolute atomic E-state index is 0.00605. The summed E-state index contributed by atoms with van der Waals surface area (Å²) in [7, 11) is 0. The van der Waals surface area contributed by atoms with Gasteiger partial charge in [-0.2, -0.15) is 13.2 Å². The van der Waals surface area contributed by atoms with E-state index in [1.165, 1.54) is 12.1 Å². The molecule has 1 unspecified atom stereocenters. The summed E-state index contributed by atoms with van der Waals surface area (Å²) in [6.45, 7) is -0.596. The fourth-order valence-corrected chi connectivity index (χ4v) is 2.67. The molecule has 1 fully saturated rings. The number of ether oxygens (including phenoxy) is 1. The molecule has 1 aliphatic rings. The summed E-state index contributed by atoms with van der Waals surface area (Å²) in [6, 6.07) is 3.58. The molecule has 10 heteroatoms. The van der Waals surface area contributed by atoms with Gasteiger partial charge >= 0.3 is 6.18 Å². The Bertz CT molecular complexity index is 639. The Morgan fingerprint density at radius 2 is 2.17 bits per heavy atom. The molecule has 0 radical (unpaired) electrons. The monoisotopic (exact) mass is 366 g/mol. The highest BCUT2D eigenvalue weighted by Gasteiger charge is 2.42.